The van der Waals surface area contributed by atoms with Crippen molar-refractivity contribution in [1.29, 1.82) is 0 Å². The van der Waals surface area contributed by atoms with Crippen molar-refractivity contribution in [3.63, 3.8) is 0 Å². The zero-order valence-electron chi connectivity index (χ0n) is 14.5. The lowest BCUT2D eigenvalue weighted by molar-refractivity contribution is -0.136. The maximum atomic E-state index is 12.9. The van der Waals surface area contributed by atoms with Crippen molar-refractivity contribution in [2.24, 2.45) is 0 Å². The van der Waals surface area contributed by atoms with E-state index in [0.717, 1.165) is 31.5 Å². The molecule has 2 atom stereocenters. The molecule has 1 aromatic heterocycles. The van der Waals surface area contributed by atoms with Crippen LogP contribution < -0.4 is 5.32 Å². The highest BCUT2D eigenvalue weighted by molar-refractivity contribution is 5.89. The number of rotatable bonds is 6. The number of amides is 2. The van der Waals surface area contributed by atoms with E-state index in [9.17, 15) is 9.59 Å². The molecule has 2 aromatic rings. The molecule has 0 bridgehead atoms. The molecule has 0 spiro atoms. The minimum atomic E-state index is -0.543. The third kappa shape index (κ3) is 4.26. The van der Waals surface area contributed by atoms with Crippen LogP contribution >= 0.6 is 0 Å². The smallest absolute Gasteiger partial charge is 0.245 e. The molecule has 1 N–H and O–H groups in total. The lowest BCUT2D eigenvalue weighted by atomic mass is 10.0. The largest absolute Gasteiger partial charge is 0.342 e. The third-order valence-electron chi connectivity index (χ3n) is 4.67. The molecule has 25 heavy (non-hydrogen) atoms. The Bertz CT molecular complexity index is 693. The number of imidazole rings is 1. The molecule has 1 aromatic carbocycles. The second-order valence-corrected chi connectivity index (χ2v) is 6.47. The Morgan fingerprint density at radius 3 is 2.56 bits per heavy atom. The van der Waals surface area contributed by atoms with Gasteiger partial charge in [-0.2, -0.15) is 0 Å². The van der Waals surface area contributed by atoms with E-state index in [2.05, 4.69) is 10.3 Å². The maximum absolute atomic E-state index is 12.9. The molecule has 1 aliphatic rings. The topological polar surface area (TPSA) is 67.2 Å². The number of nitrogens with zero attached hydrogens (tertiary/aromatic N) is 3. The van der Waals surface area contributed by atoms with Gasteiger partial charge in [0.05, 0.1) is 6.33 Å². The number of likely N-dealkylation sites (tertiary alicyclic amines) is 1. The van der Waals surface area contributed by atoms with Crippen LogP contribution in [0.5, 0.6) is 0 Å². The Balaban J connectivity index is 1.73. The lowest BCUT2D eigenvalue weighted by Crippen LogP contribution is -2.50. The van der Waals surface area contributed by atoms with Crippen molar-refractivity contribution < 1.29 is 9.59 Å². The van der Waals surface area contributed by atoms with Gasteiger partial charge in [0.25, 0.3) is 0 Å². The van der Waals surface area contributed by atoms with Crippen LogP contribution in [0.15, 0.2) is 49.1 Å². The first-order valence-corrected chi connectivity index (χ1v) is 8.75. The lowest BCUT2D eigenvalue weighted by Gasteiger charge is -2.25. The number of nitrogens with one attached hydrogen (secondary N) is 1. The standard InChI is InChI=1S/C19H24N4O2/c1-15(23-12-9-20-14-23)18(24)21-17(13-16-7-3-2-4-8-16)19(25)22-10-5-6-11-22/h2-4,7-9,12,14-15,17H,5-6,10-11,13H2,1H3,(H,21,24)/t15-,17-/m1/s1. The molecular formula is C19H24N4O2. The Kier molecular flexibility index (Phi) is 5.48. The minimum absolute atomic E-state index is 0.00698. The Morgan fingerprint density at radius 1 is 1.20 bits per heavy atom. The number of carbonyl (C=O) groups is 2. The number of hydrogen-bond donors (Lipinski definition) is 1. The predicted octanol–water partition coefficient (Wildman–Crippen LogP) is 1.79. The zero-order chi connectivity index (χ0) is 17.6. The quantitative estimate of drug-likeness (QED) is 0.872. The fourth-order valence-corrected chi connectivity index (χ4v) is 3.13. The van der Waals surface area contributed by atoms with Gasteiger partial charge in [-0.1, -0.05) is 30.3 Å². The van der Waals surface area contributed by atoms with Gasteiger partial charge in [0, 0.05) is 31.9 Å². The van der Waals surface area contributed by atoms with Crippen molar-refractivity contribution in [2.75, 3.05) is 13.1 Å². The fraction of sp³-hybridized carbons (Fsp3) is 0.421. The van der Waals surface area contributed by atoms with Crippen molar-refractivity contribution in [3.05, 3.63) is 54.6 Å². The molecule has 6 heteroatoms. The number of carbonyl (C=O) groups excluding carboxylic acids is 2. The molecule has 1 fully saturated rings. The second kappa shape index (κ2) is 7.96. The third-order valence-corrected chi connectivity index (χ3v) is 4.67. The highest BCUT2D eigenvalue weighted by Gasteiger charge is 2.29. The van der Waals surface area contributed by atoms with Crippen LogP contribution in [0.4, 0.5) is 0 Å². The van der Waals surface area contributed by atoms with Crippen molar-refractivity contribution >= 4 is 11.8 Å². The molecular weight excluding hydrogens is 316 g/mol. The van der Waals surface area contributed by atoms with Crippen LogP contribution in [0.25, 0.3) is 0 Å². The van der Waals surface area contributed by atoms with Gasteiger partial charge in [-0.3, -0.25) is 9.59 Å². The van der Waals surface area contributed by atoms with Crippen molar-refractivity contribution in [3.8, 4) is 0 Å². The van der Waals surface area contributed by atoms with Gasteiger partial charge in [-0.05, 0) is 25.3 Å². The van der Waals surface area contributed by atoms with Gasteiger partial charge < -0.3 is 14.8 Å². The summed E-state index contributed by atoms with van der Waals surface area (Å²) in [5.41, 5.74) is 1.04. The van der Waals surface area contributed by atoms with Crippen LogP contribution in [0.3, 0.4) is 0 Å². The first-order chi connectivity index (χ1) is 12.1. The number of benzene rings is 1. The SMILES string of the molecule is C[C@H](C(=O)N[C@H](Cc1ccccc1)C(=O)N1CCCC1)n1ccnc1. The summed E-state index contributed by atoms with van der Waals surface area (Å²) in [6, 6.07) is 8.85. The Hall–Kier alpha value is -2.63. The van der Waals surface area contributed by atoms with Crippen LogP contribution in [0.2, 0.25) is 0 Å². The Morgan fingerprint density at radius 2 is 1.92 bits per heavy atom. The molecule has 0 radical (unpaired) electrons. The molecule has 1 saturated heterocycles. The summed E-state index contributed by atoms with van der Waals surface area (Å²) in [7, 11) is 0. The van der Waals surface area contributed by atoms with E-state index in [1.54, 1.807) is 30.2 Å². The summed E-state index contributed by atoms with van der Waals surface area (Å²) < 4.78 is 1.73. The zero-order valence-corrected chi connectivity index (χ0v) is 14.5. The van der Waals surface area contributed by atoms with E-state index in [-0.39, 0.29) is 11.8 Å². The van der Waals surface area contributed by atoms with E-state index in [1.165, 1.54) is 0 Å². The molecule has 2 amide bonds. The average molecular weight is 340 g/mol. The molecule has 6 nitrogen and oxygen atoms in total. The monoisotopic (exact) mass is 340 g/mol. The Labute approximate surface area is 147 Å². The second-order valence-electron chi connectivity index (χ2n) is 6.47. The van der Waals surface area contributed by atoms with Gasteiger partial charge in [0.15, 0.2) is 0 Å². The van der Waals surface area contributed by atoms with E-state index in [4.69, 9.17) is 0 Å². The molecule has 0 saturated carbocycles. The molecule has 2 heterocycles. The van der Waals surface area contributed by atoms with E-state index in [1.807, 2.05) is 35.2 Å². The molecule has 0 aliphatic carbocycles. The van der Waals surface area contributed by atoms with Crippen LogP contribution in [0.1, 0.15) is 31.4 Å². The predicted molar refractivity (Wildman–Crippen MR) is 94.8 cm³/mol. The van der Waals surface area contributed by atoms with Crippen molar-refractivity contribution in [2.45, 2.75) is 38.3 Å². The first kappa shape index (κ1) is 17.2. The average Bonchev–Trinajstić information content (AvgIpc) is 3.34. The van der Waals surface area contributed by atoms with E-state index < -0.39 is 12.1 Å². The van der Waals surface area contributed by atoms with Crippen LogP contribution in [-0.4, -0.2) is 45.4 Å². The summed E-state index contributed by atoms with van der Waals surface area (Å²) in [5, 5.41) is 2.95. The molecule has 1 aliphatic heterocycles. The molecule has 3 rings (SSSR count). The molecule has 0 unspecified atom stereocenters. The highest BCUT2D eigenvalue weighted by atomic mass is 16.2. The van der Waals surface area contributed by atoms with Gasteiger partial charge in [-0.25, -0.2) is 4.98 Å². The van der Waals surface area contributed by atoms with E-state index >= 15 is 0 Å². The van der Waals surface area contributed by atoms with Crippen LogP contribution in [0, 0.1) is 0 Å². The van der Waals surface area contributed by atoms with Gasteiger partial charge >= 0.3 is 0 Å². The van der Waals surface area contributed by atoms with Crippen LogP contribution in [-0.2, 0) is 16.0 Å². The van der Waals surface area contributed by atoms with Gasteiger partial charge in [-0.15, -0.1) is 0 Å². The summed E-state index contributed by atoms with van der Waals surface area (Å²) in [4.78, 5) is 31.4. The summed E-state index contributed by atoms with van der Waals surface area (Å²) in [6.07, 6.45) is 7.56. The van der Waals surface area contributed by atoms with Gasteiger partial charge in [0.2, 0.25) is 11.8 Å². The first-order valence-electron chi connectivity index (χ1n) is 8.75. The maximum Gasteiger partial charge on any atom is 0.245 e. The fourth-order valence-electron chi connectivity index (χ4n) is 3.13. The van der Waals surface area contributed by atoms with Crippen molar-refractivity contribution in [1.82, 2.24) is 19.8 Å². The highest BCUT2D eigenvalue weighted by Crippen LogP contribution is 2.13. The summed E-state index contributed by atoms with van der Waals surface area (Å²) in [5.74, 6) is -0.168. The van der Waals surface area contributed by atoms with Gasteiger partial charge in [0.1, 0.15) is 12.1 Å². The number of hydrogen-bond acceptors (Lipinski definition) is 3. The summed E-state index contributed by atoms with van der Waals surface area (Å²) >= 11 is 0. The van der Waals surface area contributed by atoms with E-state index in [0.29, 0.717) is 6.42 Å². The minimum Gasteiger partial charge on any atom is -0.342 e. The summed E-state index contributed by atoms with van der Waals surface area (Å²) in [6.45, 7) is 3.35. The molecule has 132 valence electrons. The normalized spacial score (nSPS) is 16.4. The number of aromatic nitrogens is 2.